The lowest BCUT2D eigenvalue weighted by Crippen LogP contribution is -2.22. The summed E-state index contributed by atoms with van der Waals surface area (Å²) >= 11 is 0. The van der Waals surface area contributed by atoms with E-state index in [9.17, 15) is 9.90 Å². The molecule has 0 radical (unpaired) electrons. The van der Waals surface area contributed by atoms with E-state index in [-0.39, 0.29) is 11.7 Å². The molecular weight excluding hydrogens is 302 g/mol. The number of phenols is 1. The van der Waals surface area contributed by atoms with Crippen molar-refractivity contribution in [2.75, 3.05) is 5.32 Å². The maximum Gasteiger partial charge on any atom is 0.251 e. The number of nitrogens with zero attached hydrogens (tertiary/aromatic N) is 1. The van der Waals surface area contributed by atoms with Crippen LogP contribution in [0.4, 0.5) is 11.4 Å². The average molecular weight is 319 g/mol. The van der Waals surface area contributed by atoms with Crippen LogP contribution in [0.15, 0.2) is 73.1 Å². The van der Waals surface area contributed by atoms with Crippen molar-refractivity contribution in [3.05, 3.63) is 84.2 Å². The number of rotatable bonds is 5. The summed E-state index contributed by atoms with van der Waals surface area (Å²) in [5.41, 5.74) is 3.36. The molecule has 0 aliphatic carbocycles. The summed E-state index contributed by atoms with van der Waals surface area (Å²) in [6, 6.07) is 17.8. The predicted octanol–water partition coefficient (Wildman–Crippen LogP) is 3.46. The van der Waals surface area contributed by atoms with Gasteiger partial charge in [0, 0.05) is 35.9 Å². The maximum absolute atomic E-state index is 12.2. The summed E-state index contributed by atoms with van der Waals surface area (Å²) in [5, 5.41) is 15.3. The highest BCUT2D eigenvalue weighted by molar-refractivity contribution is 5.94. The van der Waals surface area contributed by atoms with E-state index in [0.717, 1.165) is 16.9 Å². The van der Waals surface area contributed by atoms with E-state index in [4.69, 9.17) is 0 Å². The number of pyridine rings is 1. The molecular formula is C19H17N3O2. The Morgan fingerprint density at radius 3 is 2.17 bits per heavy atom. The SMILES string of the molecule is O=C(NCc1ccc(O)cc1)c1ccc(Nc2ccncc2)cc1. The first kappa shape index (κ1) is 15.6. The van der Waals surface area contributed by atoms with Crippen LogP contribution in [0.1, 0.15) is 15.9 Å². The Labute approximate surface area is 140 Å². The molecule has 24 heavy (non-hydrogen) atoms. The largest absolute Gasteiger partial charge is 0.508 e. The molecule has 0 unspecified atom stereocenters. The van der Waals surface area contributed by atoms with Crippen LogP contribution in [0.3, 0.4) is 0 Å². The lowest BCUT2D eigenvalue weighted by Gasteiger charge is -2.08. The number of carbonyl (C=O) groups is 1. The number of amides is 1. The molecule has 0 saturated carbocycles. The number of hydrogen-bond acceptors (Lipinski definition) is 4. The first-order chi connectivity index (χ1) is 11.7. The highest BCUT2D eigenvalue weighted by Crippen LogP contribution is 2.16. The summed E-state index contributed by atoms with van der Waals surface area (Å²) in [7, 11) is 0. The fourth-order valence-electron chi connectivity index (χ4n) is 2.21. The van der Waals surface area contributed by atoms with Crippen LogP contribution >= 0.6 is 0 Å². The van der Waals surface area contributed by atoms with E-state index in [2.05, 4.69) is 15.6 Å². The topological polar surface area (TPSA) is 74.2 Å². The number of hydrogen-bond donors (Lipinski definition) is 3. The first-order valence-corrected chi connectivity index (χ1v) is 7.54. The van der Waals surface area contributed by atoms with Crippen molar-refractivity contribution in [2.24, 2.45) is 0 Å². The molecule has 1 aromatic heterocycles. The van der Waals surface area contributed by atoms with E-state index in [1.807, 2.05) is 24.3 Å². The van der Waals surface area contributed by atoms with Gasteiger partial charge >= 0.3 is 0 Å². The van der Waals surface area contributed by atoms with Gasteiger partial charge in [-0.2, -0.15) is 0 Å². The summed E-state index contributed by atoms with van der Waals surface area (Å²) in [6.45, 7) is 0.413. The Morgan fingerprint density at radius 1 is 0.875 bits per heavy atom. The standard InChI is InChI=1S/C19H17N3O2/c23-18-7-1-14(2-8-18)13-21-19(24)15-3-5-16(6-4-15)22-17-9-11-20-12-10-17/h1-12,23H,13H2,(H,20,22)(H,21,24). The summed E-state index contributed by atoms with van der Waals surface area (Å²) in [5.74, 6) is 0.0703. The van der Waals surface area contributed by atoms with Gasteiger partial charge < -0.3 is 15.7 Å². The monoisotopic (exact) mass is 319 g/mol. The van der Waals surface area contributed by atoms with Gasteiger partial charge in [0.2, 0.25) is 0 Å². The van der Waals surface area contributed by atoms with E-state index < -0.39 is 0 Å². The smallest absolute Gasteiger partial charge is 0.251 e. The molecule has 3 N–H and O–H groups in total. The first-order valence-electron chi connectivity index (χ1n) is 7.54. The van der Waals surface area contributed by atoms with Crippen LogP contribution in [0.5, 0.6) is 5.75 Å². The molecule has 2 aromatic carbocycles. The molecule has 0 aliphatic heterocycles. The fraction of sp³-hybridized carbons (Fsp3) is 0.0526. The van der Waals surface area contributed by atoms with Gasteiger partial charge in [-0.1, -0.05) is 12.1 Å². The second-order valence-corrected chi connectivity index (χ2v) is 5.29. The molecule has 5 nitrogen and oxygen atoms in total. The minimum atomic E-state index is -0.140. The molecule has 0 spiro atoms. The molecule has 0 saturated heterocycles. The highest BCUT2D eigenvalue weighted by atomic mass is 16.3. The lowest BCUT2D eigenvalue weighted by atomic mass is 10.1. The maximum atomic E-state index is 12.2. The molecule has 3 rings (SSSR count). The van der Waals surface area contributed by atoms with Gasteiger partial charge in [-0.25, -0.2) is 0 Å². The number of aromatic hydroxyl groups is 1. The number of phenolic OH excluding ortho intramolecular Hbond substituents is 1. The number of benzene rings is 2. The van der Waals surface area contributed by atoms with Crippen molar-refractivity contribution >= 4 is 17.3 Å². The van der Waals surface area contributed by atoms with Gasteiger partial charge in [0.1, 0.15) is 5.75 Å². The predicted molar refractivity (Wildman–Crippen MR) is 93.2 cm³/mol. The van der Waals surface area contributed by atoms with Crippen LogP contribution in [0.25, 0.3) is 0 Å². The Hall–Kier alpha value is -3.34. The van der Waals surface area contributed by atoms with Crippen LogP contribution in [-0.4, -0.2) is 16.0 Å². The quantitative estimate of drug-likeness (QED) is 0.673. The van der Waals surface area contributed by atoms with Gasteiger partial charge in [0.25, 0.3) is 5.91 Å². The zero-order valence-electron chi connectivity index (χ0n) is 12.9. The third-order valence-corrected chi connectivity index (χ3v) is 3.51. The Morgan fingerprint density at radius 2 is 1.50 bits per heavy atom. The van der Waals surface area contributed by atoms with E-state index in [1.54, 1.807) is 48.8 Å². The summed E-state index contributed by atoms with van der Waals surface area (Å²) in [4.78, 5) is 16.1. The summed E-state index contributed by atoms with van der Waals surface area (Å²) < 4.78 is 0. The Bertz CT molecular complexity index is 800. The van der Waals surface area contributed by atoms with Crippen molar-refractivity contribution < 1.29 is 9.90 Å². The lowest BCUT2D eigenvalue weighted by molar-refractivity contribution is 0.0951. The van der Waals surface area contributed by atoms with E-state index >= 15 is 0 Å². The molecule has 0 bridgehead atoms. The molecule has 5 heteroatoms. The number of anilines is 2. The highest BCUT2D eigenvalue weighted by Gasteiger charge is 2.05. The van der Waals surface area contributed by atoms with Gasteiger partial charge in [-0.3, -0.25) is 9.78 Å². The molecule has 0 fully saturated rings. The third-order valence-electron chi connectivity index (χ3n) is 3.51. The molecule has 0 aliphatic rings. The molecule has 3 aromatic rings. The van der Waals surface area contributed by atoms with E-state index in [0.29, 0.717) is 12.1 Å². The average Bonchev–Trinajstić information content (AvgIpc) is 2.62. The fourth-order valence-corrected chi connectivity index (χ4v) is 2.21. The summed E-state index contributed by atoms with van der Waals surface area (Å²) in [6.07, 6.45) is 3.43. The van der Waals surface area contributed by atoms with Gasteiger partial charge in [0.15, 0.2) is 0 Å². The Kier molecular flexibility index (Phi) is 4.72. The van der Waals surface area contributed by atoms with Gasteiger partial charge in [0.05, 0.1) is 0 Å². The van der Waals surface area contributed by atoms with Crippen LogP contribution in [0, 0.1) is 0 Å². The Balaban J connectivity index is 1.58. The third kappa shape index (κ3) is 4.10. The zero-order chi connectivity index (χ0) is 16.8. The molecule has 0 atom stereocenters. The van der Waals surface area contributed by atoms with Crippen LogP contribution in [-0.2, 0) is 6.54 Å². The molecule has 120 valence electrons. The normalized spacial score (nSPS) is 10.2. The minimum Gasteiger partial charge on any atom is -0.508 e. The van der Waals surface area contributed by atoms with Crippen molar-refractivity contribution in [1.82, 2.24) is 10.3 Å². The van der Waals surface area contributed by atoms with E-state index in [1.165, 1.54) is 0 Å². The molecule has 1 amide bonds. The number of nitrogens with one attached hydrogen (secondary N) is 2. The number of carbonyl (C=O) groups excluding carboxylic acids is 1. The van der Waals surface area contributed by atoms with Crippen molar-refractivity contribution in [1.29, 1.82) is 0 Å². The van der Waals surface area contributed by atoms with Gasteiger partial charge in [-0.15, -0.1) is 0 Å². The van der Waals surface area contributed by atoms with Crippen molar-refractivity contribution in [2.45, 2.75) is 6.54 Å². The second-order valence-electron chi connectivity index (χ2n) is 5.29. The number of aromatic nitrogens is 1. The second kappa shape index (κ2) is 7.28. The van der Waals surface area contributed by atoms with Crippen LogP contribution < -0.4 is 10.6 Å². The van der Waals surface area contributed by atoms with Gasteiger partial charge in [-0.05, 0) is 54.1 Å². The van der Waals surface area contributed by atoms with Crippen molar-refractivity contribution in [3.63, 3.8) is 0 Å². The van der Waals surface area contributed by atoms with Crippen molar-refractivity contribution in [3.8, 4) is 5.75 Å². The van der Waals surface area contributed by atoms with Crippen LogP contribution in [0.2, 0.25) is 0 Å². The minimum absolute atomic E-state index is 0.140. The molecule has 1 heterocycles. The zero-order valence-corrected chi connectivity index (χ0v) is 12.9.